The largest absolute Gasteiger partial charge is 0.470 e. The van der Waals surface area contributed by atoms with Crippen LogP contribution < -0.4 is 11.4 Å². The second-order valence-electron chi connectivity index (χ2n) is 4.82. The molecule has 23 heavy (non-hydrogen) atoms. The van der Waals surface area contributed by atoms with E-state index in [0.717, 1.165) is 4.57 Å². The fraction of sp³-hybridized carbons (Fsp3) is 0.636. The van der Waals surface area contributed by atoms with Crippen LogP contribution in [0.3, 0.4) is 0 Å². The quantitative estimate of drug-likeness (QED) is 0.536. The Balaban J connectivity index is 2.37. The van der Waals surface area contributed by atoms with Gasteiger partial charge in [0, 0.05) is 20.4 Å². The monoisotopic (exact) mass is 351 g/mol. The van der Waals surface area contributed by atoms with Crippen molar-refractivity contribution in [1.82, 2.24) is 9.55 Å². The van der Waals surface area contributed by atoms with Gasteiger partial charge >= 0.3 is 13.5 Å². The van der Waals surface area contributed by atoms with Gasteiger partial charge in [-0.25, -0.2) is 9.36 Å². The van der Waals surface area contributed by atoms with Crippen LogP contribution in [0.2, 0.25) is 0 Å². The lowest BCUT2D eigenvalue weighted by Crippen LogP contribution is -2.38. The van der Waals surface area contributed by atoms with Crippen LogP contribution in [0.25, 0.3) is 0 Å². The topological polar surface area (TPSA) is 155 Å². The molecule has 0 unspecified atom stereocenters. The molecule has 0 saturated carbocycles. The Hall–Kier alpha value is -1.33. The number of methoxy groups -OCH3 is 2. The molecule has 1 fully saturated rings. The van der Waals surface area contributed by atoms with Crippen molar-refractivity contribution >= 4 is 13.6 Å². The summed E-state index contributed by atoms with van der Waals surface area (Å²) in [5.74, 6) is 0.0367. The summed E-state index contributed by atoms with van der Waals surface area (Å²) in [5.41, 5.74) is 4.74. The summed E-state index contributed by atoms with van der Waals surface area (Å²) >= 11 is 0. The maximum Gasteiger partial charge on any atom is 0.470 e. The molecule has 1 aliphatic rings. The van der Waals surface area contributed by atoms with Crippen LogP contribution in [0.15, 0.2) is 17.1 Å². The van der Waals surface area contributed by atoms with Crippen molar-refractivity contribution in [3.63, 3.8) is 0 Å². The zero-order chi connectivity index (χ0) is 17.2. The summed E-state index contributed by atoms with van der Waals surface area (Å²) in [6.07, 6.45) is -2.61. The molecular formula is C11H18N3O8P. The third-order valence-electron chi connectivity index (χ3n) is 3.27. The molecular weight excluding hydrogens is 333 g/mol. The molecule has 1 aromatic heterocycles. The van der Waals surface area contributed by atoms with Gasteiger partial charge in [-0.05, 0) is 6.07 Å². The van der Waals surface area contributed by atoms with Gasteiger partial charge in [0.05, 0.1) is 6.61 Å². The molecule has 2 heterocycles. The summed E-state index contributed by atoms with van der Waals surface area (Å²) in [6.45, 7) is -0.0157. The third kappa shape index (κ3) is 4.15. The van der Waals surface area contributed by atoms with Crippen LogP contribution in [-0.2, 0) is 23.3 Å². The fourth-order valence-electron chi connectivity index (χ4n) is 2.39. The van der Waals surface area contributed by atoms with Crippen molar-refractivity contribution in [3.8, 4) is 0 Å². The number of anilines is 1. The molecule has 1 saturated heterocycles. The second kappa shape index (κ2) is 7.05. The van der Waals surface area contributed by atoms with Crippen molar-refractivity contribution in [1.29, 1.82) is 0 Å². The molecule has 0 bridgehead atoms. The molecule has 1 aromatic rings. The van der Waals surface area contributed by atoms with E-state index in [9.17, 15) is 9.36 Å². The maximum atomic E-state index is 12.0. The normalized spacial score (nSPS) is 28.2. The van der Waals surface area contributed by atoms with Gasteiger partial charge in [-0.2, -0.15) is 4.98 Å². The molecule has 0 amide bonds. The molecule has 0 aliphatic carbocycles. The minimum absolute atomic E-state index is 0.0157. The molecule has 2 rings (SSSR count). The molecule has 0 spiro atoms. The fourth-order valence-corrected chi connectivity index (χ4v) is 2.96. The predicted octanol–water partition coefficient (Wildman–Crippen LogP) is -1.14. The van der Waals surface area contributed by atoms with Crippen LogP contribution in [0.5, 0.6) is 0 Å². The van der Waals surface area contributed by atoms with Crippen LogP contribution in [0, 0.1) is 0 Å². The highest BCUT2D eigenvalue weighted by Gasteiger charge is 2.49. The van der Waals surface area contributed by atoms with Crippen molar-refractivity contribution in [2.24, 2.45) is 0 Å². The number of rotatable bonds is 6. The molecule has 0 radical (unpaired) electrons. The first kappa shape index (κ1) is 18.0. The average molecular weight is 351 g/mol. The van der Waals surface area contributed by atoms with Crippen molar-refractivity contribution in [3.05, 3.63) is 22.7 Å². The van der Waals surface area contributed by atoms with E-state index >= 15 is 0 Å². The van der Waals surface area contributed by atoms with E-state index in [0.29, 0.717) is 0 Å². The van der Waals surface area contributed by atoms with E-state index in [1.54, 1.807) is 0 Å². The highest BCUT2D eigenvalue weighted by Crippen LogP contribution is 2.44. The molecule has 130 valence electrons. The van der Waals surface area contributed by atoms with Crippen molar-refractivity contribution < 1.29 is 33.1 Å². The van der Waals surface area contributed by atoms with Gasteiger partial charge in [0.2, 0.25) is 0 Å². The van der Waals surface area contributed by atoms with E-state index in [1.807, 2.05) is 0 Å². The summed E-state index contributed by atoms with van der Waals surface area (Å²) in [5, 5.41) is 0. The Morgan fingerprint density at radius 3 is 2.65 bits per heavy atom. The van der Waals surface area contributed by atoms with Crippen molar-refractivity contribution in [2.75, 3.05) is 26.6 Å². The summed E-state index contributed by atoms with van der Waals surface area (Å²) in [7, 11) is -2.10. The lowest BCUT2D eigenvalue weighted by Gasteiger charge is -2.23. The van der Waals surface area contributed by atoms with E-state index in [1.165, 1.54) is 26.5 Å². The van der Waals surface area contributed by atoms with Crippen LogP contribution in [0.4, 0.5) is 5.82 Å². The maximum absolute atomic E-state index is 12.0. The highest BCUT2D eigenvalue weighted by atomic mass is 31.2. The molecule has 4 atom stereocenters. The number of phosphoric acid groups is 1. The van der Waals surface area contributed by atoms with Crippen LogP contribution in [0.1, 0.15) is 6.23 Å². The Bertz CT molecular complexity index is 646. The minimum Gasteiger partial charge on any atom is -0.383 e. The van der Waals surface area contributed by atoms with E-state index in [2.05, 4.69) is 4.98 Å². The van der Waals surface area contributed by atoms with Gasteiger partial charge in [0.1, 0.15) is 24.1 Å². The third-order valence-corrected chi connectivity index (χ3v) is 3.79. The van der Waals surface area contributed by atoms with Gasteiger partial charge in [-0.1, -0.05) is 0 Å². The van der Waals surface area contributed by atoms with Gasteiger partial charge < -0.3 is 29.7 Å². The first-order chi connectivity index (χ1) is 10.8. The highest BCUT2D eigenvalue weighted by molar-refractivity contribution is 7.46. The molecule has 0 aromatic carbocycles. The number of nitrogens with zero attached hydrogens (tertiary/aromatic N) is 2. The molecule has 4 N–H and O–H groups in total. The number of hydrogen-bond acceptors (Lipinski definition) is 8. The zero-order valence-corrected chi connectivity index (χ0v) is 13.3. The Labute approximate surface area is 131 Å². The summed E-state index contributed by atoms with van der Waals surface area (Å²) in [6, 6.07) is 1.39. The Kier molecular flexibility index (Phi) is 5.53. The number of phosphoric ester groups is 1. The van der Waals surface area contributed by atoms with E-state index in [-0.39, 0.29) is 12.4 Å². The standard InChI is InChI=1S/C11H18N3O8P/c1-19-5-6-8(22-23(16,17)18)9(20-2)10(21-6)14-4-3-7(12)13-11(14)15/h3-4,6,8-10H,5H2,1-2H3,(H2,12,13,15)(H2,16,17,18)/t6-,8-,9-,10-/m1/s1. The Morgan fingerprint density at radius 2 is 2.13 bits per heavy atom. The Morgan fingerprint density at radius 1 is 1.43 bits per heavy atom. The lowest BCUT2D eigenvalue weighted by atomic mass is 10.1. The number of aromatic nitrogens is 2. The first-order valence-corrected chi connectivity index (χ1v) is 8.05. The van der Waals surface area contributed by atoms with Crippen molar-refractivity contribution in [2.45, 2.75) is 24.5 Å². The number of hydrogen-bond donors (Lipinski definition) is 3. The molecule has 11 nitrogen and oxygen atoms in total. The van der Waals surface area contributed by atoms with E-state index in [4.69, 9.17) is 34.3 Å². The van der Waals surface area contributed by atoms with Gasteiger partial charge in [0.15, 0.2) is 6.23 Å². The minimum atomic E-state index is -4.80. The molecule has 12 heteroatoms. The second-order valence-corrected chi connectivity index (χ2v) is 6.02. The average Bonchev–Trinajstić information content (AvgIpc) is 2.75. The number of nitrogen functional groups attached to an aromatic ring is 1. The SMILES string of the molecule is COC[C@H]1O[C@@H](n2ccc(N)nc2=O)[C@H](OC)[C@@H]1OP(=O)(O)O. The predicted molar refractivity (Wildman–Crippen MR) is 76.4 cm³/mol. The smallest absolute Gasteiger partial charge is 0.383 e. The summed E-state index contributed by atoms with van der Waals surface area (Å²) < 4.78 is 32.9. The van der Waals surface area contributed by atoms with Crippen LogP contribution in [-0.4, -0.2) is 58.5 Å². The first-order valence-electron chi connectivity index (χ1n) is 6.52. The van der Waals surface area contributed by atoms with Gasteiger partial charge in [-0.3, -0.25) is 9.09 Å². The van der Waals surface area contributed by atoms with Gasteiger partial charge in [0.25, 0.3) is 0 Å². The van der Waals surface area contributed by atoms with Crippen LogP contribution >= 0.6 is 7.82 Å². The molecule has 1 aliphatic heterocycles. The van der Waals surface area contributed by atoms with Gasteiger partial charge in [-0.15, -0.1) is 0 Å². The van der Waals surface area contributed by atoms with E-state index < -0.39 is 38.1 Å². The lowest BCUT2D eigenvalue weighted by molar-refractivity contribution is -0.0668. The number of ether oxygens (including phenoxy) is 3. The zero-order valence-electron chi connectivity index (χ0n) is 12.4. The number of nitrogens with two attached hydrogens (primary N) is 1. The summed E-state index contributed by atoms with van der Waals surface area (Å²) in [4.78, 5) is 33.7.